The summed E-state index contributed by atoms with van der Waals surface area (Å²) in [6.45, 7) is 1.98. The molecule has 0 bridgehead atoms. The van der Waals surface area contributed by atoms with Crippen LogP contribution in [0.3, 0.4) is 0 Å². The fourth-order valence-electron chi connectivity index (χ4n) is 3.41. The number of hydrogen-bond donors (Lipinski definition) is 2. The fraction of sp³-hybridized carbons (Fsp3) is 0.412. The number of fused-ring (bicyclic) bond motifs is 3. The summed E-state index contributed by atoms with van der Waals surface area (Å²) >= 11 is 1.85. The Labute approximate surface area is 140 Å². The second-order valence-corrected chi connectivity index (χ2v) is 7.16. The van der Waals surface area contributed by atoms with E-state index in [1.165, 1.54) is 16.0 Å². The molecule has 0 aliphatic carbocycles. The number of benzene rings is 1. The highest BCUT2D eigenvalue weighted by atomic mass is 32.2. The monoisotopic (exact) mass is 327 g/mol. The summed E-state index contributed by atoms with van der Waals surface area (Å²) in [6, 6.07) is 9.03. The number of nitrogens with zero attached hydrogens (tertiary/aromatic N) is 3. The predicted octanol–water partition coefficient (Wildman–Crippen LogP) is 2.17. The molecule has 0 radical (unpaired) electrons. The largest absolute Gasteiger partial charge is 0.368 e. The van der Waals surface area contributed by atoms with Gasteiger partial charge in [0.15, 0.2) is 0 Å². The van der Waals surface area contributed by atoms with Gasteiger partial charge >= 0.3 is 0 Å². The molecule has 0 saturated carbocycles. The van der Waals surface area contributed by atoms with Crippen LogP contribution in [0, 0.1) is 0 Å². The van der Waals surface area contributed by atoms with Crippen LogP contribution in [0.5, 0.6) is 0 Å². The second-order valence-electron chi connectivity index (χ2n) is 6.06. The maximum absolute atomic E-state index is 6.05. The van der Waals surface area contributed by atoms with Gasteiger partial charge in [0.2, 0.25) is 5.95 Å². The highest BCUT2D eigenvalue weighted by molar-refractivity contribution is 7.99. The third kappa shape index (κ3) is 2.66. The SMILES string of the molecule is CN[C@@H]1CCN(c2nc(N)nc3c2SCCc2ccccc2-3)C1. The molecule has 2 aliphatic heterocycles. The molecule has 23 heavy (non-hydrogen) atoms. The number of thioether (sulfide) groups is 1. The lowest BCUT2D eigenvalue weighted by Gasteiger charge is -2.22. The molecule has 5 nitrogen and oxygen atoms in total. The van der Waals surface area contributed by atoms with Crippen LogP contribution in [0.4, 0.5) is 11.8 Å². The zero-order valence-electron chi connectivity index (χ0n) is 13.2. The summed E-state index contributed by atoms with van der Waals surface area (Å²) in [4.78, 5) is 12.7. The number of aromatic nitrogens is 2. The molecule has 1 saturated heterocycles. The first kappa shape index (κ1) is 14.8. The number of aryl methyl sites for hydroxylation is 1. The van der Waals surface area contributed by atoms with E-state index >= 15 is 0 Å². The van der Waals surface area contributed by atoms with Crippen molar-refractivity contribution in [1.82, 2.24) is 15.3 Å². The summed E-state index contributed by atoms with van der Waals surface area (Å²) in [5.74, 6) is 2.42. The highest BCUT2D eigenvalue weighted by Crippen LogP contribution is 2.42. The van der Waals surface area contributed by atoms with Crippen LogP contribution in [0.15, 0.2) is 29.2 Å². The van der Waals surface area contributed by atoms with Crippen LogP contribution in [0.2, 0.25) is 0 Å². The van der Waals surface area contributed by atoms with Gasteiger partial charge in [-0.3, -0.25) is 0 Å². The molecule has 120 valence electrons. The number of anilines is 2. The van der Waals surface area contributed by atoms with Gasteiger partial charge in [-0.15, -0.1) is 11.8 Å². The van der Waals surface area contributed by atoms with Crippen LogP contribution >= 0.6 is 11.8 Å². The zero-order chi connectivity index (χ0) is 15.8. The summed E-state index contributed by atoms with van der Waals surface area (Å²) in [5.41, 5.74) is 9.60. The van der Waals surface area contributed by atoms with E-state index in [1.54, 1.807) is 0 Å². The molecule has 0 spiro atoms. The van der Waals surface area contributed by atoms with E-state index in [-0.39, 0.29) is 0 Å². The van der Waals surface area contributed by atoms with Crippen molar-refractivity contribution in [1.29, 1.82) is 0 Å². The van der Waals surface area contributed by atoms with E-state index in [2.05, 4.69) is 44.5 Å². The average Bonchev–Trinajstić information content (AvgIpc) is 2.97. The molecular weight excluding hydrogens is 306 g/mol. The van der Waals surface area contributed by atoms with Crippen molar-refractivity contribution in [2.24, 2.45) is 0 Å². The molecule has 1 aromatic heterocycles. The van der Waals surface area contributed by atoms with E-state index in [1.807, 2.05) is 18.8 Å². The molecular formula is C17H21N5S. The quantitative estimate of drug-likeness (QED) is 0.881. The maximum Gasteiger partial charge on any atom is 0.222 e. The molecule has 1 fully saturated rings. The molecule has 1 aromatic carbocycles. The minimum Gasteiger partial charge on any atom is -0.368 e. The fourth-order valence-corrected chi connectivity index (χ4v) is 4.53. The van der Waals surface area contributed by atoms with E-state index in [9.17, 15) is 0 Å². The number of rotatable bonds is 2. The molecule has 0 amide bonds. The second kappa shape index (κ2) is 6.02. The Hall–Kier alpha value is -1.79. The Bertz CT molecular complexity index is 733. The Balaban J connectivity index is 1.83. The maximum atomic E-state index is 6.05. The van der Waals surface area contributed by atoms with Crippen molar-refractivity contribution in [2.45, 2.75) is 23.8 Å². The van der Waals surface area contributed by atoms with Gasteiger partial charge in [-0.1, -0.05) is 24.3 Å². The first-order valence-electron chi connectivity index (χ1n) is 8.07. The summed E-state index contributed by atoms with van der Waals surface area (Å²) in [5, 5.41) is 3.36. The summed E-state index contributed by atoms with van der Waals surface area (Å²) in [7, 11) is 2.02. The van der Waals surface area contributed by atoms with Crippen LogP contribution in [0.25, 0.3) is 11.3 Å². The number of hydrogen-bond acceptors (Lipinski definition) is 6. The van der Waals surface area contributed by atoms with Gasteiger partial charge in [0, 0.05) is 30.4 Å². The minimum absolute atomic E-state index is 0.365. The lowest BCUT2D eigenvalue weighted by atomic mass is 10.0. The topological polar surface area (TPSA) is 67.1 Å². The Morgan fingerprint density at radius 3 is 3.00 bits per heavy atom. The predicted molar refractivity (Wildman–Crippen MR) is 96.0 cm³/mol. The summed E-state index contributed by atoms with van der Waals surface area (Å²) in [6.07, 6.45) is 2.19. The molecule has 0 unspecified atom stereocenters. The van der Waals surface area contributed by atoms with Crippen LogP contribution in [-0.2, 0) is 6.42 Å². The molecule has 2 aromatic rings. The standard InChI is InChI=1S/C17H21N5S/c1-19-12-6-8-22(10-12)16-15-14(20-17(18)21-16)13-5-3-2-4-11(13)7-9-23-15/h2-5,12,19H,6-10H2,1H3,(H2,18,20,21)/t12-/m1/s1. The highest BCUT2D eigenvalue weighted by Gasteiger charge is 2.28. The molecule has 1 atom stereocenters. The Morgan fingerprint density at radius 1 is 1.30 bits per heavy atom. The number of nitrogen functional groups attached to an aromatic ring is 1. The first-order chi connectivity index (χ1) is 11.3. The zero-order valence-corrected chi connectivity index (χ0v) is 14.1. The van der Waals surface area contributed by atoms with Crippen molar-refractivity contribution in [3.63, 3.8) is 0 Å². The van der Waals surface area contributed by atoms with Crippen LogP contribution in [-0.4, -0.2) is 41.9 Å². The molecule has 6 heteroatoms. The van der Waals surface area contributed by atoms with E-state index in [0.29, 0.717) is 12.0 Å². The first-order valence-corrected chi connectivity index (χ1v) is 9.05. The van der Waals surface area contributed by atoms with Crippen LogP contribution in [0.1, 0.15) is 12.0 Å². The van der Waals surface area contributed by atoms with Gasteiger partial charge in [-0.25, -0.2) is 4.98 Å². The van der Waals surface area contributed by atoms with E-state index in [0.717, 1.165) is 43.2 Å². The van der Waals surface area contributed by atoms with Gasteiger partial charge in [0.05, 0.1) is 10.6 Å². The van der Waals surface area contributed by atoms with E-state index < -0.39 is 0 Å². The third-order valence-electron chi connectivity index (χ3n) is 4.65. The minimum atomic E-state index is 0.365. The Kier molecular flexibility index (Phi) is 3.87. The van der Waals surface area contributed by atoms with Gasteiger partial charge in [0.25, 0.3) is 0 Å². The molecule has 3 heterocycles. The van der Waals surface area contributed by atoms with Crippen molar-refractivity contribution >= 4 is 23.5 Å². The summed E-state index contributed by atoms with van der Waals surface area (Å²) < 4.78 is 0. The smallest absolute Gasteiger partial charge is 0.222 e. The third-order valence-corrected chi connectivity index (χ3v) is 5.72. The normalized spacial score (nSPS) is 20.0. The molecule has 2 aliphatic rings. The molecule has 4 rings (SSSR count). The van der Waals surface area contributed by atoms with Crippen molar-refractivity contribution in [3.05, 3.63) is 29.8 Å². The number of nitrogens with two attached hydrogens (primary N) is 1. The number of likely N-dealkylation sites (N-methyl/N-ethyl adjacent to an activating group) is 1. The number of nitrogens with one attached hydrogen (secondary N) is 1. The molecule has 3 N–H and O–H groups in total. The van der Waals surface area contributed by atoms with Gasteiger partial charge in [-0.05, 0) is 25.5 Å². The van der Waals surface area contributed by atoms with Gasteiger partial charge in [-0.2, -0.15) is 4.98 Å². The van der Waals surface area contributed by atoms with Gasteiger partial charge in [0.1, 0.15) is 5.82 Å². The lowest BCUT2D eigenvalue weighted by Crippen LogP contribution is -2.30. The lowest BCUT2D eigenvalue weighted by molar-refractivity contribution is 0.616. The Morgan fingerprint density at radius 2 is 2.17 bits per heavy atom. The van der Waals surface area contributed by atoms with Crippen LogP contribution < -0.4 is 16.0 Å². The van der Waals surface area contributed by atoms with Crippen molar-refractivity contribution < 1.29 is 0 Å². The van der Waals surface area contributed by atoms with E-state index in [4.69, 9.17) is 5.73 Å². The van der Waals surface area contributed by atoms with Gasteiger partial charge < -0.3 is 16.0 Å². The van der Waals surface area contributed by atoms with Crippen molar-refractivity contribution in [2.75, 3.05) is 36.5 Å². The average molecular weight is 327 g/mol. The van der Waals surface area contributed by atoms with Crippen molar-refractivity contribution in [3.8, 4) is 11.3 Å².